The summed E-state index contributed by atoms with van der Waals surface area (Å²) in [5, 5.41) is 9.24. The molecule has 1 heterocycles. The number of carboxylic acid groups (broad SMARTS) is 1. The third-order valence-electron chi connectivity index (χ3n) is 3.95. The minimum Gasteiger partial charge on any atom is -0.481 e. The first-order valence-electron chi connectivity index (χ1n) is 6.85. The summed E-state index contributed by atoms with van der Waals surface area (Å²) < 4.78 is 0. The van der Waals surface area contributed by atoms with Crippen LogP contribution in [0.15, 0.2) is 24.5 Å². The van der Waals surface area contributed by atoms with E-state index in [1.807, 2.05) is 19.1 Å². The van der Waals surface area contributed by atoms with E-state index in [1.165, 1.54) is 0 Å². The van der Waals surface area contributed by atoms with E-state index in [0.717, 1.165) is 5.56 Å². The summed E-state index contributed by atoms with van der Waals surface area (Å²) in [6, 6.07) is 3.73. The molecule has 3 atom stereocenters. The molecular weight excluding hydrogens is 256 g/mol. The van der Waals surface area contributed by atoms with Crippen molar-refractivity contribution in [2.24, 2.45) is 17.8 Å². The van der Waals surface area contributed by atoms with E-state index in [2.05, 4.69) is 4.98 Å². The van der Waals surface area contributed by atoms with Crippen molar-refractivity contribution in [2.75, 3.05) is 7.05 Å². The Morgan fingerprint density at radius 1 is 1.40 bits per heavy atom. The molecule has 0 aliphatic heterocycles. The molecule has 20 heavy (non-hydrogen) atoms. The van der Waals surface area contributed by atoms with Crippen molar-refractivity contribution in [2.45, 2.75) is 26.3 Å². The Labute approximate surface area is 118 Å². The average Bonchev–Trinajstić information content (AvgIpc) is 2.81. The van der Waals surface area contributed by atoms with Crippen LogP contribution in [0.4, 0.5) is 0 Å². The highest BCUT2D eigenvalue weighted by atomic mass is 16.4. The summed E-state index contributed by atoms with van der Waals surface area (Å²) in [6.45, 7) is 2.47. The van der Waals surface area contributed by atoms with Crippen molar-refractivity contribution < 1.29 is 14.7 Å². The van der Waals surface area contributed by atoms with Crippen LogP contribution in [-0.4, -0.2) is 33.9 Å². The van der Waals surface area contributed by atoms with Gasteiger partial charge in [-0.05, 0) is 30.4 Å². The molecule has 1 aliphatic carbocycles. The monoisotopic (exact) mass is 276 g/mol. The standard InChI is InChI=1S/C15H20N2O3/c1-10-6-12(13(7-10)15(19)20)14(18)17(2)9-11-4-3-5-16-8-11/h3-5,8,10,12-13H,6-7,9H2,1-2H3,(H,19,20). The second kappa shape index (κ2) is 6.03. The maximum absolute atomic E-state index is 12.5. The highest BCUT2D eigenvalue weighted by Crippen LogP contribution is 2.37. The minimum atomic E-state index is -0.859. The second-order valence-corrected chi connectivity index (χ2v) is 5.68. The third-order valence-corrected chi connectivity index (χ3v) is 3.95. The van der Waals surface area contributed by atoms with E-state index in [9.17, 15) is 14.7 Å². The Balaban J connectivity index is 2.04. The second-order valence-electron chi connectivity index (χ2n) is 5.68. The number of carbonyl (C=O) groups is 2. The van der Waals surface area contributed by atoms with Gasteiger partial charge in [0.1, 0.15) is 0 Å². The molecule has 0 aromatic carbocycles. The number of pyridine rings is 1. The molecule has 108 valence electrons. The SMILES string of the molecule is CC1CC(C(=O)O)C(C(=O)N(C)Cc2cccnc2)C1. The first-order chi connectivity index (χ1) is 9.49. The molecule has 0 bridgehead atoms. The van der Waals surface area contributed by atoms with Gasteiger partial charge in [0.15, 0.2) is 0 Å². The summed E-state index contributed by atoms with van der Waals surface area (Å²) in [6.07, 6.45) is 4.65. The molecule has 0 saturated heterocycles. The van der Waals surface area contributed by atoms with E-state index >= 15 is 0 Å². The zero-order chi connectivity index (χ0) is 14.7. The smallest absolute Gasteiger partial charge is 0.307 e. The molecule has 1 amide bonds. The van der Waals surface area contributed by atoms with Gasteiger partial charge in [-0.15, -0.1) is 0 Å². The molecule has 2 rings (SSSR count). The van der Waals surface area contributed by atoms with Gasteiger partial charge in [-0.1, -0.05) is 13.0 Å². The van der Waals surface area contributed by atoms with E-state index < -0.39 is 17.8 Å². The molecule has 5 heteroatoms. The number of hydrogen-bond acceptors (Lipinski definition) is 3. The van der Waals surface area contributed by atoms with Crippen molar-refractivity contribution in [3.05, 3.63) is 30.1 Å². The first kappa shape index (κ1) is 14.5. The van der Waals surface area contributed by atoms with E-state index in [0.29, 0.717) is 19.4 Å². The zero-order valence-corrected chi connectivity index (χ0v) is 11.8. The quantitative estimate of drug-likeness (QED) is 0.910. The van der Waals surface area contributed by atoms with Gasteiger partial charge in [0.05, 0.1) is 11.8 Å². The molecule has 0 spiro atoms. The number of aliphatic carboxylic acids is 1. The lowest BCUT2D eigenvalue weighted by Gasteiger charge is -2.23. The molecule has 1 fully saturated rings. The summed E-state index contributed by atoms with van der Waals surface area (Å²) in [5.41, 5.74) is 0.946. The van der Waals surface area contributed by atoms with Crippen LogP contribution in [0.2, 0.25) is 0 Å². The van der Waals surface area contributed by atoms with Crippen LogP contribution in [-0.2, 0) is 16.1 Å². The molecule has 0 radical (unpaired) electrons. The Kier molecular flexibility index (Phi) is 4.37. The van der Waals surface area contributed by atoms with Gasteiger partial charge in [-0.25, -0.2) is 0 Å². The van der Waals surface area contributed by atoms with Crippen molar-refractivity contribution in [3.8, 4) is 0 Å². The minimum absolute atomic E-state index is 0.0781. The molecular formula is C15H20N2O3. The molecule has 1 aromatic rings. The lowest BCUT2D eigenvalue weighted by Crippen LogP contribution is -2.36. The fraction of sp³-hybridized carbons (Fsp3) is 0.533. The van der Waals surface area contributed by atoms with Crippen LogP contribution < -0.4 is 0 Å². The van der Waals surface area contributed by atoms with E-state index in [-0.39, 0.29) is 11.8 Å². The van der Waals surface area contributed by atoms with Crippen LogP contribution in [0.25, 0.3) is 0 Å². The number of rotatable bonds is 4. The highest BCUT2D eigenvalue weighted by Gasteiger charge is 2.42. The third kappa shape index (κ3) is 3.15. The lowest BCUT2D eigenvalue weighted by atomic mass is 9.95. The first-order valence-corrected chi connectivity index (χ1v) is 6.85. The summed E-state index contributed by atoms with van der Waals surface area (Å²) in [7, 11) is 1.72. The van der Waals surface area contributed by atoms with Crippen molar-refractivity contribution >= 4 is 11.9 Å². The van der Waals surface area contributed by atoms with Crippen LogP contribution in [0.3, 0.4) is 0 Å². The maximum Gasteiger partial charge on any atom is 0.307 e. The number of hydrogen-bond donors (Lipinski definition) is 1. The molecule has 3 unspecified atom stereocenters. The number of nitrogens with zero attached hydrogens (tertiary/aromatic N) is 2. The predicted molar refractivity (Wildman–Crippen MR) is 73.7 cm³/mol. The Morgan fingerprint density at radius 3 is 2.70 bits per heavy atom. The van der Waals surface area contributed by atoms with E-state index in [4.69, 9.17) is 0 Å². The summed E-state index contributed by atoms with van der Waals surface area (Å²) in [5.74, 6) is -1.59. The van der Waals surface area contributed by atoms with Crippen LogP contribution in [0.1, 0.15) is 25.3 Å². The van der Waals surface area contributed by atoms with Crippen LogP contribution in [0.5, 0.6) is 0 Å². The van der Waals surface area contributed by atoms with Crippen LogP contribution in [0, 0.1) is 17.8 Å². The summed E-state index contributed by atoms with van der Waals surface area (Å²) >= 11 is 0. The van der Waals surface area contributed by atoms with Gasteiger partial charge < -0.3 is 10.0 Å². The molecule has 5 nitrogen and oxygen atoms in total. The van der Waals surface area contributed by atoms with Gasteiger partial charge in [0, 0.05) is 26.0 Å². The normalized spacial score (nSPS) is 25.4. The Hall–Kier alpha value is -1.91. The van der Waals surface area contributed by atoms with Gasteiger partial charge in [0.25, 0.3) is 0 Å². The fourth-order valence-corrected chi connectivity index (χ4v) is 2.96. The number of amides is 1. The number of aromatic nitrogens is 1. The van der Waals surface area contributed by atoms with E-state index in [1.54, 1.807) is 24.3 Å². The van der Waals surface area contributed by atoms with Crippen LogP contribution >= 0.6 is 0 Å². The molecule has 1 N–H and O–H groups in total. The lowest BCUT2D eigenvalue weighted by molar-refractivity contribution is -0.148. The predicted octanol–water partition coefficient (Wildman–Crippen LogP) is 1.79. The van der Waals surface area contributed by atoms with Gasteiger partial charge in [-0.2, -0.15) is 0 Å². The topological polar surface area (TPSA) is 70.5 Å². The molecule has 1 aromatic heterocycles. The number of carboxylic acids is 1. The summed E-state index contributed by atoms with van der Waals surface area (Å²) in [4.78, 5) is 29.3. The largest absolute Gasteiger partial charge is 0.481 e. The van der Waals surface area contributed by atoms with Crippen molar-refractivity contribution in [1.82, 2.24) is 9.88 Å². The van der Waals surface area contributed by atoms with Crippen molar-refractivity contribution in [3.63, 3.8) is 0 Å². The maximum atomic E-state index is 12.5. The van der Waals surface area contributed by atoms with Gasteiger partial charge >= 0.3 is 5.97 Å². The Bertz CT molecular complexity index is 489. The van der Waals surface area contributed by atoms with Crippen molar-refractivity contribution in [1.29, 1.82) is 0 Å². The Morgan fingerprint density at radius 2 is 2.10 bits per heavy atom. The average molecular weight is 276 g/mol. The van der Waals surface area contributed by atoms with Gasteiger partial charge in [0.2, 0.25) is 5.91 Å². The highest BCUT2D eigenvalue weighted by molar-refractivity contribution is 5.85. The number of carbonyl (C=O) groups excluding carboxylic acids is 1. The zero-order valence-electron chi connectivity index (χ0n) is 11.8. The van der Waals surface area contributed by atoms with Gasteiger partial charge in [-0.3, -0.25) is 14.6 Å². The fourth-order valence-electron chi connectivity index (χ4n) is 2.96. The molecule has 1 aliphatic rings. The molecule has 1 saturated carbocycles.